The Hall–Kier alpha value is -1.30. The molecule has 0 aliphatic heterocycles. The number of hydrogen-bond acceptors (Lipinski definition) is 3. The fourth-order valence-corrected chi connectivity index (χ4v) is 1.02. The number of guanidine groups is 1. The van der Waals surface area contributed by atoms with Crippen LogP contribution in [0.25, 0.3) is 0 Å². The fourth-order valence-electron chi connectivity index (χ4n) is 1.02. The number of aliphatic imine (C=N–C) groups is 1. The van der Waals surface area contributed by atoms with E-state index in [0.717, 1.165) is 0 Å². The predicted molar refractivity (Wildman–Crippen MR) is 65.8 cm³/mol. The van der Waals surface area contributed by atoms with Crippen LogP contribution < -0.4 is 21.9 Å². The zero-order chi connectivity index (χ0) is 12.8. The summed E-state index contributed by atoms with van der Waals surface area (Å²) in [5.74, 6) is 5.54. The third-order valence-corrected chi connectivity index (χ3v) is 1.46. The molecule has 0 atom stereocenters. The lowest BCUT2D eigenvalue weighted by molar-refractivity contribution is -0.121. The average molecular weight is 229 g/mol. The van der Waals surface area contributed by atoms with Crippen LogP contribution in [0.15, 0.2) is 4.99 Å². The second-order valence-electron chi connectivity index (χ2n) is 4.91. The molecule has 5 N–H and O–H groups in total. The maximum absolute atomic E-state index is 11.5. The monoisotopic (exact) mass is 229 g/mol. The highest BCUT2D eigenvalue weighted by molar-refractivity contribution is 5.84. The number of nitrogens with one attached hydrogen (secondary N) is 3. The molecule has 6 nitrogen and oxygen atoms in total. The first-order valence-corrected chi connectivity index (χ1v) is 5.33. The van der Waals surface area contributed by atoms with Crippen molar-refractivity contribution in [2.75, 3.05) is 6.54 Å². The number of amides is 1. The van der Waals surface area contributed by atoms with Gasteiger partial charge in [0.1, 0.15) is 6.54 Å². The highest BCUT2D eigenvalue weighted by Crippen LogP contribution is 1.97. The first-order valence-electron chi connectivity index (χ1n) is 5.33. The molecule has 0 unspecified atom stereocenters. The van der Waals surface area contributed by atoms with Crippen LogP contribution in [-0.4, -0.2) is 30.0 Å². The maximum atomic E-state index is 11.5. The molecule has 0 heterocycles. The van der Waals surface area contributed by atoms with E-state index in [2.05, 4.69) is 21.1 Å². The van der Waals surface area contributed by atoms with Crippen LogP contribution in [0, 0.1) is 0 Å². The van der Waals surface area contributed by atoms with Gasteiger partial charge >= 0.3 is 0 Å². The van der Waals surface area contributed by atoms with Crippen molar-refractivity contribution < 1.29 is 4.79 Å². The van der Waals surface area contributed by atoms with E-state index in [9.17, 15) is 4.79 Å². The zero-order valence-electron chi connectivity index (χ0n) is 10.7. The summed E-state index contributed by atoms with van der Waals surface area (Å²) in [5.41, 5.74) is 2.17. The minimum absolute atomic E-state index is 0.0521. The van der Waals surface area contributed by atoms with Crippen molar-refractivity contribution in [1.82, 2.24) is 16.1 Å². The van der Waals surface area contributed by atoms with Gasteiger partial charge in [-0.3, -0.25) is 10.2 Å². The summed E-state index contributed by atoms with van der Waals surface area (Å²) < 4.78 is 0. The molecule has 0 fully saturated rings. The molecule has 1 amide bonds. The van der Waals surface area contributed by atoms with Crippen LogP contribution in [0.1, 0.15) is 34.6 Å². The van der Waals surface area contributed by atoms with Crippen LogP contribution in [0.4, 0.5) is 0 Å². The molecule has 0 saturated heterocycles. The van der Waals surface area contributed by atoms with Gasteiger partial charge in [0.25, 0.3) is 0 Å². The van der Waals surface area contributed by atoms with Crippen molar-refractivity contribution in [3.05, 3.63) is 0 Å². The van der Waals surface area contributed by atoms with Gasteiger partial charge in [-0.15, -0.1) is 0 Å². The number of nitrogens with two attached hydrogens (primary N) is 1. The lowest BCUT2D eigenvalue weighted by Crippen LogP contribution is -2.46. The van der Waals surface area contributed by atoms with Gasteiger partial charge in [0.2, 0.25) is 11.9 Å². The molecule has 0 aromatic rings. The molecule has 16 heavy (non-hydrogen) atoms. The van der Waals surface area contributed by atoms with Crippen molar-refractivity contribution in [1.29, 1.82) is 0 Å². The molecule has 0 aliphatic rings. The van der Waals surface area contributed by atoms with Crippen LogP contribution >= 0.6 is 0 Å². The number of carbonyl (C=O) groups excluding carboxylic acids is 1. The quantitative estimate of drug-likeness (QED) is 0.232. The summed E-state index contributed by atoms with van der Waals surface area (Å²) in [6.45, 7) is 9.73. The van der Waals surface area contributed by atoms with Crippen LogP contribution in [0.3, 0.4) is 0 Å². The summed E-state index contributed by atoms with van der Waals surface area (Å²) >= 11 is 0. The lowest BCUT2D eigenvalue weighted by Gasteiger charge is -2.20. The molecule has 0 rings (SSSR count). The van der Waals surface area contributed by atoms with E-state index in [1.54, 1.807) is 0 Å². The van der Waals surface area contributed by atoms with E-state index in [1.807, 2.05) is 34.6 Å². The third kappa shape index (κ3) is 8.05. The molecule has 0 saturated carbocycles. The summed E-state index contributed by atoms with van der Waals surface area (Å²) in [6.07, 6.45) is 0. The second-order valence-corrected chi connectivity index (χ2v) is 4.91. The van der Waals surface area contributed by atoms with Gasteiger partial charge in [0, 0.05) is 11.6 Å². The van der Waals surface area contributed by atoms with E-state index in [1.165, 1.54) is 0 Å². The van der Waals surface area contributed by atoms with Crippen molar-refractivity contribution in [2.45, 2.75) is 46.2 Å². The van der Waals surface area contributed by atoms with Gasteiger partial charge in [0.05, 0.1) is 0 Å². The van der Waals surface area contributed by atoms with E-state index in [4.69, 9.17) is 5.84 Å². The van der Waals surface area contributed by atoms with Crippen molar-refractivity contribution in [2.24, 2.45) is 10.8 Å². The smallest absolute Gasteiger partial charge is 0.242 e. The van der Waals surface area contributed by atoms with E-state index in [-0.39, 0.29) is 24.0 Å². The van der Waals surface area contributed by atoms with E-state index in [0.29, 0.717) is 5.96 Å². The highest BCUT2D eigenvalue weighted by atomic mass is 16.2. The van der Waals surface area contributed by atoms with Gasteiger partial charge in [0.15, 0.2) is 0 Å². The zero-order valence-corrected chi connectivity index (χ0v) is 10.7. The summed E-state index contributed by atoms with van der Waals surface area (Å²) in [6, 6.07) is 0.209. The first-order chi connectivity index (χ1) is 7.24. The van der Waals surface area contributed by atoms with Crippen LogP contribution in [0.2, 0.25) is 0 Å². The summed E-state index contributed by atoms with van der Waals surface area (Å²) in [7, 11) is 0. The molecule has 0 aromatic carbocycles. The molecule has 0 aliphatic carbocycles. The number of nitrogens with zero attached hydrogens (tertiary/aromatic N) is 1. The summed E-state index contributed by atoms with van der Waals surface area (Å²) in [5, 5.41) is 5.79. The maximum Gasteiger partial charge on any atom is 0.242 e. The Morgan fingerprint density at radius 3 is 2.31 bits per heavy atom. The molecule has 94 valence electrons. The fraction of sp³-hybridized carbons (Fsp3) is 0.800. The molecule has 0 spiro atoms. The SMILES string of the molecule is CC(C)NC(=NCC(=O)NC(C)(C)C)NN. The number of rotatable bonds is 3. The van der Waals surface area contributed by atoms with Crippen molar-refractivity contribution in [3.63, 3.8) is 0 Å². The topological polar surface area (TPSA) is 91.5 Å². The number of hydrogen-bond donors (Lipinski definition) is 4. The normalized spacial score (nSPS) is 12.6. The Bertz CT molecular complexity index is 254. The molecule has 0 radical (unpaired) electrons. The number of hydrazine groups is 1. The Balaban J connectivity index is 4.17. The average Bonchev–Trinajstić information content (AvgIpc) is 2.08. The largest absolute Gasteiger partial charge is 0.353 e. The predicted octanol–water partition coefficient (Wildman–Crippen LogP) is -0.282. The minimum Gasteiger partial charge on any atom is -0.353 e. The number of carbonyl (C=O) groups is 1. The van der Waals surface area contributed by atoms with Crippen LogP contribution in [0.5, 0.6) is 0 Å². The first kappa shape index (κ1) is 14.7. The third-order valence-electron chi connectivity index (χ3n) is 1.46. The molecular weight excluding hydrogens is 206 g/mol. The van der Waals surface area contributed by atoms with Gasteiger partial charge in [-0.1, -0.05) is 0 Å². The van der Waals surface area contributed by atoms with E-state index < -0.39 is 0 Å². The van der Waals surface area contributed by atoms with Gasteiger partial charge in [-0.05, 0) is 34.6 Å². The Morgan fingerprint density at radius 2 is 1.94 bits per heavy atom. The molecule has 6 heteroatoms. The summed E-state index contributed by atoms with van der Waals surface area (Å²) in [4.78, 5) is 15.5. The van der Waals surface area contributed by atoms with Gasteiger partial charge < -0.3 is 10.6 Å². The molecule has 0 bridgehead atoms. The van der Waals surface area contributed by atoms with Gasteiger partial charge in [-0.25, -0.2) is 10.8 Å². The standard InChI is InChI=1S/C10H23N5O/c1-7(2)13-9(15-11)12-6-8(16)14-10(3,4)5/h7H,6,11H2,1-5H3,(H,14,16)(H2,12,13,15). The Kier molecular flexibility index (Phi) is 5.81. The molecule has 0 aromatic heterocycles. The highest BCUT2D eigenvalue weighted by Gasteiger charge is 2.13. The van der Waals surface area contributed by atoms with Crippen molar-refractivity contribution >= 4 is 11.9 Å². The minimum atomic E-state index is -0.242. The van der Waals surface area contributed by atoms with Crippen molar-refractivity contribution in [3.8, 4) is 0 Å². The van der Waals surface area contributed by atoms with Gasteiger partial charge in [-0.2, -0.15) is 0 Å². The van der Waals surface area contributed by atoms with Crippen LogP contribution in [-0.2, 0) is 4.79 Å². The Morgan fingerprint density at radius 1 is 1.38 bits per heavy atom. The Labute approximate surface area is 97.0 Å². The lowest BCUT2D eigenvalue weighted by atomic mass is 10.1. The molecular formula is C10H23N5O. The second kappa shape index (κ2) is 6.32. The van der Waals surface area contributed by atoms with E-state index >= 15 is 0 Å².